The average molecular weight is 198 g/mol. The highest BCUT2D eigenvalue weighted by atomic mass is 32.2. The molecule has 1 N–H and O–H groups in total. The zero-order valence-corrected chi connectivity index (χ0v) is 7.84. The Kier molecular flexibility index (Phi) is 2.05. The molecule has 1 aliphatic rings. The summed E-state index contributed by atoms with van der Waals surface area (Å²) in [6, 6.07) is 3.54. The molecule has 0 aromatic carbocycles. The standard InChI is InChI=1S/C8H10N2O2S/c11-13(12)5-4-9-6-7-2-1-3-10-8(7)13/h1-3,9H,4-6H2. The molecular weight excluding hydrogens is 188 g/mol. The maximum atomic E-state index is 11.6. The predicted octanol–water partition coefficient (Wildman–Crippen LogP) is -0.0415. The van der Waals surface area contributed by atoms with E-state index in [0.29, 0.717) is 13.1 Å². The van der Waals surface area contributed by atoms with Gasteiger partial charge >= 0.3 is 0 Å². The molecule has 0 radical (unpaired) electrons. The van der Waals surface area contributed by atoms with Gasteiger partial charge < -0.3 is 5.32 Å². The van der Waals surface area contributed by atoms with E-state index in [9.17, 15) is 8.42 Å². The number of hydrogen-bond acceptors (Lipinski definition) is 4. The minimum atomic E-state index is -3.15. The molecule has 1 aromatic rings. The van der Waals surface area contributed by atoms with Gasteiger partial charge in [0.15, 0.2) is 14.9 Å². The molecule has 5 heteroatoms. The van der Waals surface area contributed by atoms with E-state index in [4.69, 9.17) is 0 Å². The van der Waals surface area contributed by atoms with Crippen LogP contribution in [0.5, 0.6) is 0 Å². The number of sulfone groups is 1. The third kappa shape index (κ3) is 1.57. The van der Waals surface area contributed by atoms with Crippen molar-refractivity contribution in [2.75, 3.05) is 12.3 Å². The Labute approximate surface area is 76.9 Å². The summed E-state index contributed by atoms with van der Waals surface area (Å²) in [5.74, 6) is 0.136. The summed E-state index contributed by atoms with van der Waals surface area (Å²) in [5, 5.41) is 3.28. The van der Waals surface area contributed by atoms with Crippen molar-refractivity contribution in [2.45, 2.75) is 11.6 Å². The number of nitrogens with one attached hydrogen (secondary N) is 1. The van der Waals surface area contributed by atoms with E-state index in [0.717, 1.165) is 5.56 Å². The van der Waals surface area contributed by atoms with E-state index < -0.39 is 9.84 Å². The second kappa shape index (κ2) is 3.08. The summed E-state index contributed by atoms with van der Waals surface area (Å²) in [6.45, 7) is 1.08. The molecule has 0 saturated heterocycles. The highest BCUT2D eigenvalue weighted by molar-refractivity contribution is 7.91. The molecular formula is C8H10N2O2S. The SMILES string of the molecule is O=S1(=O)CCNCc2cccnc21. The van der Waals surface area contributed by atoms with E-state index in [1.165, 1.54) is 6.20 Å². The first kappa shape index (κ1) is 8.65. The van der Waals surface area contributed by atoms with E-state index in [1.807, 2.05) is 0 Å². The summed E-state index contributed by atoms with van der Waals surface area (Å²) >= 11 is 0. The fourth-order valence-electron chi connectivity index (χ4n) is 1.36. The van der Waals surface area contributed by atoms with Crippen molar-refractivity contribution in [2.24, 2.45) is 0 Å². The summed E-state index contributed by atoms with van der Waals surface area (Å²) < 4.78 is 23.2. The topological polar surface area (TPSA) is 59.1 Å². The Morgan fingerprint density at radius 1 is 1.46 bits per heavy atom. The summed E-state index contributed by atoms with van der Waals surface area (Å²) in [4.78, 5) is 3.90. The highest BCUT2D eigenvalue weighted by Gasteiger charge is 2.21. The Hall–Kier alpha value is -0.940. The second-order valence-electron chi connectivity index (χ2n) is 2.96. The Balaban J connectivity index is 2.62. The second-order valence-corrected chi connectivity index (χ2v) is 4.99. The molecule has 0 spiro atoms. The van der Waals surface area contributed by atoms with Crippen LogP contribution < -0.4 is 5.32 Å². The first-order valence-electron chi connectivity index (χ1n) is 4.07. The molecule has 0 aliphatic carbocycles. The summed E-state index contributed by atoms with van der Waals surface area (Å²) in [6.07, 6.45) is 1.52. The van der Waals surface area contributed by atoms with E-state index in [2.05, 4.69) is 10.3 Å². The van der Waals surface area contributed by atoms with Gasteiger partial charge in [0.1, 0.15) is 0 Å². The van der Waals surface area contributed by atoms with Gasteiger partial charge in [0, 0.05) is 24.8 Å². The third-order valence-electron chi connectivity index (χ3n) is 2.01. The lowest BCUT2D eigenvalue weighted by Crippen LogP contribution is -2.17. The molecule has 13 heavy (non-hydrogen) atoms. The van der Waals surface area contributed by atoms with Gasteiger partial charge in [0.05, 0.1) is 5.75 Å². The number of hydrogen-bond donors (Lipinski definition) is 1. The lowest BCUT2D eigenvalue weighted by molar-refractivity contribution is 0.592. The van der Waals surface area contributed by atoms with Crippen LogP contribution in [0.15, 0.2) is 23.4 Å². The van der Waals surface area contributed by atoms with Crippen molar-refractivity contribution in [3.63, 3.8) is 0 Å². The van der Waals surface area contributed by atoms with Gasteiger partial charge in [0.25, 0.3) is 0 Å². The Bertz CT molecular complexity index is 414. The normalized spacial score (nSPS) is 20.3. The molecule has 4 nitrogen and oxygen atoms in total. The Morgan fingerprint density at radius 2 is 2.31 bits per heavy atom. The first-order chi connectivity index (χ1) is 6.20. The van der Waals surface area contributed by atoms with Gasteiger partial charge in [-0.2, -0.15) is 0 Å². The van der Waals surface area contributed by atoms with Crippen molar-refractivity contribution in [3.8, 4) is 0 Å². The largest absolute Gasteiger partial charge is 0.312 e. The van der Waals surface area contributed by atoms with E-state index in [-0.39, 0.29) is 10.8 Å². The van der Waals surface area contributed by atoms with Crippen molar-refractivity contribution in [3.05, 3.63) is 23.9 Å². The number of rotatable bonds is 0. The lowest BCUT2D eigenvalue weighted by Gasteiger charge is -2.02. The van der Waals surface area contributed by atoms with Crippen LogP contribution in [-0.2, 0) is 16.4 Å². The molecule has 0 fully saturated rings. The van der Waals surface area contributed by atoms with Crippen LogP contribution in [0.4, 0.5) is 0 Å². The summed E-state index contributed by atoms with van der Waals surface area (Å²) in [7, 11) is -3.15. The van der Waals surface area contributed by atoms with Crippen LogP contribution in [0, 0.1) is 0 Å². The smallest absolute Gasteiger partial charge is 0.197 e. The van der Waals surface area contributed by atoms with Gasteiger partial charge in [-0.3, -0.25) is 0 Å². The minimum Gasteiger partial charge on any atom is -0.312 e. The van der Waals surface area contributed by atoms with Crippen LogP contribution >= 0.6 is 0 Å². The van der Waals surface area contributed by atoms with Crippen molar-refractivity contribution >= 4 is 9.84 Å². The number of pyridine rings is 1. The minimum absolute atomic E-state index is 0.136. The number of fused-ring (bicyclic) bond motifs is 1. The van der Waals surface area contributed by atoms with Gasteiger partial charge in [-0.1, -0.05) is 6.07 Å². The van der Waals surface area contributed by atoms with Crippen LogP contribution in [0.25, 0.3) is 0 Å². The zero-order valence-electron chi connectivity index (χ0n) is 7.03. The van der Waals surface area contributed by atoms with Crippen LogP contribution in [0.2, 0.25) is 0 Å². The van der Waals surface area contributed by atoms with E-state index >= 15 is 0 Å². The molecule has 0 bridgehead atoms. The van der Waals surface area contributed by atoms with Crippen LogP contribution in [0.1, 0.15) is 5.56 Å². The molecule has 70 valence electrons. The quantitative estimate of drug-likeness (QED) is 0.635. The fourth-order valence-corrected chi connectivity index (χ4v) is 2.73. The number of nitrogens with zero attached hydrogens (tertiary/aromatic N) is 1. The fraction of sp³-hybridized carbons (Fsp3) is 0.375. The molecule has 0 unspecified atom stereocenters. The molecule has 2 rings (SSSR count). The zero-order chi connectivity index (χ0) is 9.31. The molecule has 1 aliphatic heterocycles. The summed E-state index contributed by atoms with van der Waals surface area (Å²) in [5.41, 5.74) is 0.764. The van der Waals surface area contributed by atoms with Gasteiger partial charge in [0.2, 0.25) is 0 Å². The van der Waals surface area contributed by atoms with Gasteiger partial charge in [-0.05, 0) is 6.07 Å². The highest BCUT2D eigenvalue weighted by Crippen LogP contribution is 2.15. The molecule has 0 saturated carbocycles. The van der Waals surface area contributed by atoms with E-state index in [1.54, 1.807) is 12.1 Å². The van der Waals surface area contributed by atoms with Gasteiger partial charge in [-0.25, -0.2) is 13.4 Å². The predicted molar refractivity (Wildman–Crippen MR) is 48.0 cm³/mol. The Morgan fingerprint density at radius 3 is 3.15 bits per heavy atom. The van der Waals surface area contributed by atoms with Crippen LogP contribution in [0.3, 0.4) is 0 Å². The van der Waals surface area contributed by atoms with Crippen LogP contribution in [-0.4, -0.2) is 25.7 Å². The van der Waals surface area contributed by atoms with Gasteiger partial charge in [-0.15, -0.1) is 0 Å². The molecule has 0 amide bonds. The van der Waals surface area contributed by atoms with Crippen molar-refractivity contribution in [1.82, 2.24) is 10.3 Å². The molecule has 0 atom stereocenters. The average Bonchev–Trinajstić information content (AvgIpc) is 2.26. The monoisotopic (exact) mass is 198 g/mol. The van der Waals surface area contributed by atoms with Crippen molar-refractivity contribution in [1.29, 1.82) is 0 Å². The lowest BCUT2D eigenvalue weighted by atomic mass is 10.3. The number of aromatic nitrogens is 1. The maximum absolute atomic E-state index is 11.6. The first-order valence-corrected chi connectivity index (χ1v) is 5.73. The molecule has 2 heterocycles. The third-order valence-corrected chi connectivity index (χ3v) is 3.71. The maximum Gasteiger partial charge on any atom is 0.197 e. The molecule has 1 aromatic heterocycles. The van der Waals surface area contributed by atoms with Crippen molar-refractivity contribution < 1.29 is 8.42 Å².